The van der Waals surface area contributed by atoms with Crippen LogP contribution < -0.4 is 0 Å². The first-order valence-corrected chi connectivity index (χ1v) is 7.68. The lowest BCUT2D eigenvalue weighted by Crippen LogP contribution is -1.95. The average molecular weight is 254 g/mol. The van der Waals surface area contributed by atoms with Crippen molar-refractivity contribution >= 4 is 12.6 Å². The molecule has 18 heavy (non-hydrogen) atoms. The lowest BCUT2D eigenvalue weighted by molar-refractivity contribution is -0.109. The van der Waals surface area contributed by atoms with Crippen LogP contribution in [-0.4, -0.2) is 12.6 Å². The second kappa shape index (κ2) is 14.4. The minimum Gasteiger partial charge on any atom is -0.303 e. The number of carbonyl (C=O) groups is 2. The Labute approximate surface area is 113 Å². The van der Waals surface area contributed by atoms with Crippen LogP contribution >= 0.6 is 0 Å². The van der Waals surface area contributed by atoms with E-state index < -0.39 is 0 Å². The Bertz CT molecular complexity index is 190. The van der Waals surface area contributed by atoms with Crippen LogP contribution in [0.5, 0.6) is 0 Å². The van der Waals surface area contributed by atoms with Crippen molar-refractivity contribution in [2.75, 3.05) is 0 Å². The highest BCUT2D eigenvalue weighted by Gasteiger charge is 2.00. The van der Waals surface area contributed by atoms with Gasteiger partial charge in [0.05, 0.1) is 0 Å². The van der Waals surface area contributed by atoms with E-state index in [1.807, 2.05) is 0 Å². The second-order valence-electron chi connectivity index (χ2n) is 5.43. The Morgan fingerprint density at radius 2 is 1.22 bits per heavy atom. The maximum Gasteiger partial charge on any atom is 0.120 e. The molecule has 0 aliphatic heterocycles. The van der Waals surface area contributed by atoms with E-state index in [2.05, 4.69) is 6.92 Å². The van der Waals surface area contributed by atoms with Crippen molar-refractivity contribution in [3.05, 3.63) is 0 Å². The van der Waals surface area contributed by atoms with Crippen molar-refractivity contribution in [3.63, 3.8) is 0 Å². The molecule has 1 atom stereocenters. The number of rotatable bonds is 14. The van der Waals surface area contributed by atoms with Gasteiger partial charge in [0.25, 0.3) is 0 Å². The lowest BCUT2D eigenvalue weighted by Gasteiger charge is -2.06. The molecule has 0 rings (SSSR count). The largest absolute Gasteiger partial charge is 0.303 e. The third kappa shape index (κ3) is 13.4. The first-order chi connectivity index (χ1) is 8.81. The van der Waals surface area contributed by atoms with Crippen LogP contribution in [-0.2, 0) is 9.59 Å². The van der Waals surface area contributed by atoms with E-state index in [9.17, 15) is 9.59 Å². The molecular weight excluding hydrogens is 224 g/mol. The van der Waals surface area contributed by atoms with Gasteiger partial charge in [-0.15, -0.1) is 0 Å². The summed E-state index contributed by atoms with van der Waals surface area (Å²) >= 11 is 0. The van der Waals surface area contributed by atoms with Crippen molar-refractivity contribution in [1.82, 2.24) is 0 Å². The van der Waals surface area contributed by atoms with Crippen LogP contribution in [0.3, 0.4) is 0 Å². The van der Waals surface area contributed by atoms with Gasteiger partial charge in [-0.25, -0.2) is 0 Å². The molecule has 2 nitrogen and oxygen atoms in total. The van der Waals surface area contributed by atoms with E-state index in [0.29, 0.717) is 5.92 Å². The highest BCUT2D eigenvalue weighted by molar-refractivity contribution is 5.49. The first-order valence-electron chi connectivity index (χ1n) is 7.68. The number of hydrogen-bond donors (Lipinski definition) is 0. The van der Waals surface area contributed by atoms with Gasteiger partial charge in [-0.05, 0) is 12.3 Å². The monoisotopic (exact) mass is 254 g/mol. The Kier molecular flexibility index (Phi) is 13.9. The molecular formula is C16H30O2. The van der Waals surface area contributed by atoms with Gasteiger partial charge in [0.15, 0.2) is 0 Å². The summed E-state index contributed by atoms with van der Waals surface area (Å²) in [5.41, 5.74) is 0. The Balaban J connectivity index is 3.02. The van der Waals surface area contributed by atoms with Gasteiger partial charge in [0.2, 0.25) is 0 Å². The van der Waals surface area contributed by atoms with E-state index in [1.165, 1.54) is 57.8 Å². The zero-order valence-electron chi connectivity index (χ0n) is 12.0. The quantitative estimate of drug-likeness (QED) is 0.332. The maximum atomic E-state index is 10.3. The SMILES string of the molecule is CC(CC=O)CCCCCCCCCCCC=O. The van der Waals surface area contributed by atoms with Crippen molar-refractivity contribution in [1.29, 1.82) is 0 Å². The molecule has 0 aromatic carbocycles. The Morgan fingerprint density at radius 1 is 0.722 bits per heavy atom. The summed E-state index contributed by atoms with van der Waals surface area (Å²) in [6.07, 6.45) is 16.2. The van der Waals surface area contributed by atoms with Crippen LogP contribution in [0.2, 0.25) is 0 Å². The predicted octanol–water partition coefficient (Wildman–Crippen LogP) is 4.70. The summed E-state index contributed by atoms with van der Waals surface area (Å²) in [5.74, 6) is 0.570. The second-order valence-corrected chi connectivity index (χ2v) is 5.43. The smallest absolute Gasteiger partial charge is 0.120 e. The minimum absolute atomic E-state index is 0.570. The molecule has 0 radical (unpaired) electrons. The molecule has 1 unspecified atom stereocenters. The van der Waals surface area contributed by atoms with Gasteiger partial charge < -0.3 is 9.59 Å². The van der Waals surface area contributed by atoms with Gasteiger partial charge in [0.1, 0.15) is 12.6 Å². The molecule has 0 saturated carbocycles. The summed E-state index contributed by atoms with van der Waals surface area (Å²) in [7, 11) is 0. The van der Waals surface area contributed by atoms with E-state index in [1.54, 1.807) is 0 Å². The fraction of sp³-hybridized carbons (Fsp3) is 0.875. The maximum absolute atomic E-state index is 10.3. The summed E-state index contributed by atoms with van der Waals surface area (Å²) in [6.45, 7) is 2.16. The molecule has 2 heteroatoms. The van der Waals surface area contributed by atoms with Gasteiger partial charge in [0, 0.05) is 12.8 Å². The molecule has 0 spiro atoms. The number of hydrogen-bond acceptors (Lipinski definition) is 2. The molecule has 0 aliphatic rings. The standard InChI is InChI=1S/C16H30O2/c1-16(13-15-18)12-10-8-6-4-2-3-5-7-9-11-14-17/h14-16H,2-13H2,1H3. The van der Waals surface area contributed by atoms with Gasteiger partial charge in [-0.1, -0.05) is 64.7 Å². The third-order valence-electron chi connectivity index (χ3n) is 3.52. The number of carbonyl (C=O) groups excluding carboxylic acids is 2. The van der Waals surface area contributed by atoms with Crippen LogP contribution in [0.4, 0.5) is 0 Å². The van der Waals surface area contributed by atoms with Crippen molar-refractivity contribution in [2.45, 2.75) is 84.0 Å². The summed E-state index contributed by atoms with van der Waals surface area (Å²) in [4.78, 5) is 20.4. The summed E-state index contributed by atoms with van der Waals surface area (Å²) in [6, 6.07) is 0. The van der Waals surface area contributed by atoms with E-state index >= 15 is 0 Å². The normalized spacial score (nSPS) is 12.3. The molecule has 0 aliphatic carbocycles. The molecule has 0 bridgehead atoms. The molecule has 0 aromatic rings. The van der Waals surface area contributed by atoms with Gasteiger partial charge >= 0.3 is 0 Å². The van der Waals surface area contributed by atoms with Crippen molar-refractivity contribution in [2.24, 2.45) is 5.92 Å². The van der Waals surface area contributed by atoms with Crippen LogP contribution in [0, 0.1) is 5.92 Å². The lowest BCUT2D eigenvalue weighted by atomic mass is 9.99. The zero-order chi connectivity index (χ0) is 13.5. The topological polar surface area (TPSA) is 34.1 Å². The van der Waals surface area contributed by atoms with Gasteiger partial charge in [-0.3, -0.25) is 0 Å². The minimum atomic E-state index is 0.570. The van der Waals surface area contributed by atoms with Crippen LogP contribution in [0.25, 0.3) is 0 Å². The van der Waals surface area contributed by atoms with E-state index in [0.717, 1.165) is 31.8 Å². The first kappa shape index (κ1) is 17.3. The molecule has 0 fully saturated rings. The molecule has 0 aromatic heterocycles. The van der Waals surface area contributed by atoms with Crippen molar-refractivity contribution in [3.8, 4) is 0 Å². The third-order valence-corrected chi connectivity index (χ3v) is 3.52. The fourth-order valence-electron chi connectivity index (χ4n) is 2.24. The van der Waals surface area contributed by atoms with E-state index in [-0.39, 0.29) is 0 Å². The highest BCUT2D eigenvalue weighted by atomic mass is 16.1. The average Bonchev–Trinajstić information content (AvgIpc) is 2.36. The Morgan fingerprint density at radius 3 is 1.72 bits per heavy atom. The number of aldehydes is 2. The van der Waals surface area contributed by atoms with Gasteiger partial charge in [-0.2, -0.15) is 0 Å². The summed E-state index contributed by atoms with van der Waals surface area (Å²) in [5, 5.41) is 0. The highest BCUT2D eigenvalue weighted by Crippen LogP contribution is 2.14. The molecule has 0 amide bonds. The van der Waals surface area contributed by atoms with E-state index in [4.69, 9.17) is 0 Å². The molecule has 0 saturated heterocycles. The van der Waals surface area contributed by atoms with Crippen molar-refractivity contribution < 1.29 is 9.59 Å². The Hall–Kier alpha value is -0.660. The summed E-state index contributed by atoms with van der Waals surface area (Å²) < 4.78 is 0. The van der Waals surface area contributed by atoms with Crippen LogP contribution in [0.1, 0.15) is 84.0 Å². The molecule has 0 heterocycles. The fourth-order valence-corrected chi connectivity index (χ4v) is 2.24. The predicted molar refractivity (Wildman–Crippen MR) is 76.7 cm³/mol. The zero-order valence-corrected chi connectivity index (χ0v) is 12.0. The molecule has 0 N–H and O–H groups in total. The molecule has 106 valence electrons. The van der Waals surface area contributed by atoms with Crippen LogP contribution in [0.15, 0.2) is 0 Å². The number of unbranched alkanes of at least 4 members (excludes halogenated alkanes) is 9.